The van der Waals surface area contributed by atoms with Crippen LogP contribution in [0.3, 0.4) is 0 Å². The van der Waals surface area contributed by atoms with E-state index in [2.05, 4.69) is 67.5 Å². The van der Waals surface area contributed by atoms with E-state index >= 15 is 0 Å². The van der Waals surface area contributed by atoms with Crippen molar-refractivity contribution in [3.8, 4) is 0 Å². The van der Waals surface area contributed by atoms with Gasteiger partial charge in [-0.2, -0.15) is 0 Å². The maximum atomic E-state index is 12.9. The highest BCUT2D eigenvalue weighted by molar-refractivity contribution is 6.05. The Bertz CT molecular complexity index is 1140. The normalized spacial score (nSPS) is 29.4. The van der Waals surface area contributed by atoms with Gasteiger partial charge in [0, 0.05) is 30.8 Å². The van der Waals surface area contributed by atoms with Gasteiger partial charge in [-0.05, 0) is 53.2 Å². The van der Waals surface area contributed by atoms with Crippen molar-refractivity contribution in [3.05, 3.63) is 89.6 Å². The van der Waals surface area contributed by atoms with E-state index in [-0.39, 0.29) is 18.2 Å². The molecule has 0 spiro atoms. The lowest BCUT2D eigenvalue weighted by Gasteiger charge is -2.29. The first-order valence-electron chi connectivity index (χ1n) is 11.8. The maximum absolute atomic E-state index is 12.9. The molecule has 0 radical (unpaired) electrons. The van der Waals surface area contributed by atoms with Gasteiger partial charge < -0.3 is 10.2 Å². The van der Waals surface area contributed by atoms with Crippen LogP contribution in [0.25, 0.3) is 0 Å². The number of piperidine rings is 1. The van der Waals surface area contributed by atoms with Crippen LogP contribution in [0.5, 0.6) is 0 Å². The molecule has 2 aliphatic heterocycles. The van der Waals surface area contributed by atoms with Gasteiger partial charge >= 0.3 is 0 Å². The van der Waals surface area contributed by atoms with Crippen LogP contribution >= 0.6 is 0 Å². The van der Waals surface area contributed by atoms with Crippen molar-refractivity contribution in [1.29, 1.82) is 0 Å². The Morgan fingerprint density at radius 3 is 2.53 bits per heavy atom. The first kappa shape index (κ1) is 23.5. The lowest BCUT2D eigenvalue weighted by Crippen LogP contribution is -2.52. The molecule has 0 aromatic heterocycles. The maximum Gasteiger partial charge on any atom is 0.255 e. The molecule has 2 heterocycles. The minimum atomic E-state index is -0.603. The van der Waals surface area contributed by atoms with E-state index < -0.39 is 11.9 Å². The number of rotatable bonds is 4. The molecule has 1 aromatic carbocycles. The number of anilines is 1. The molecule has 1 fully saturated rings. The van der Waals surface area contributed by atoms with Crippen LogP contribution in [0, 0.1) is 11.8 Å². The quantitative estimate of drug-likeness (QED) is 0.522. The molecule has 3 unspecified atom stereocenters. The predicted octanol–water partition coefficient (Wildman–Crippen LogP) is 4.30. The average molecular weight is 458 g/mol. The molecule has 1 aliphatic carbocycles. The van der Waals surface area contributed by atoms with Gasteiger partial charge in [0.2, 0.25) is 11.8 Å². The molecule has 34 heavy (non-hydrogen) atoms. The summed E-state index contributed by atoms with van der Waals surface area (Å²) in [5.41, 5.74) is 4.44. The minimum absolute atomic E-state index is 0.163. The van der Waals surface area contributed by atoms with Gasteiger partial charge in [0.25, 0.3) is 5.91 Å². The van der Waals surface area contributed by atoms with Crippen molar-refractivity contribution in [2.75, 3.05) is 11.9 Å². The SMILES string of the molecule is C=C1/C=C\C(C)/C=C\C(C)/C=C\C(CNc2ccc3c(c2)CN(C2CCC(=O)NC2=O)C3=O)=C/1. The third-order valence-electron chi connectivity index (χ3n) is 6.34. The van der Waals surface area contributed by atoms with E-state index in [1.165, 1.54) is 0 Å². The molecule has 176 valence electrons. The first-order chi connectivity index (χ1) is 16.3. The highest BCUT2D eigenvalue weighted by atomic mass is 16.2. The Morgan fingerprint density at radius 1 is 1.06 bits per heavy atom. The van der Waals surface area contributed by atoms with Crippen molar-refractivity contribution in [2.24, 2.45) is 11.8 Å². The van der Waals surface area contributed by atoms with Gasteiger partial charge in [0.1, 0.15) is 6.04 Å². The zero-order valence-corrected chi connectivity index (χ0v) is 19.7. The summed E-state index contributed by atoms with van der Waals surface area (Å²) in [6, 6.07) is 5.07. The Balaban J connectivity index is 1.46. The molecule has 1 aromatic rings. The molecule has 3 atom stereocenters. The van der Waals surface area contributed by atoms with Crippen LogP contribution in [0.1, 0.15) is 42.6 Å². The van der Waals surface area contributed by atoms with E-state index in [4.69, 9.17) is 0 Å². The third kappa shape index (κ3) is 5.45. The van der Waals surface area contributed by atoms with Crippen LogP contribution in [0.2, 0.25) is 0 Å². The largest absolute Gasteiger partial charge is 0.381 e. The third-order valence-corrected chi connectivity index (χ3v) is 6.34. The number of imide groups is 1. The summed E-state index contributed by atoms with van der Waals surface area (Å²) in [5.74, 6) is -0.155. The van der Waals surface area contributed by atoms with Gasteiger partial charge in [0.05, 0.1) is 0 Å². The molecular weight excluding hydrogens is 426 g/mol. The molecule has 2 N–H and O–H groups in total. The van der Waals surface area contributed by atoms with Crippen molar-refractivity contribution in [3.63, 3.8) is 0 Å². The average Bonchev–Trinajstić information content (AvgIpc) is 3.12. The first-order valence-corrected chi connectivity index (χ1v) is 11.8. The van der Waals surface area contributed by atoms with Crippen molar-refractivity contribution >= 4 is 23.4 Å². The number of nitrogens with zero attached hydrogens (tertiary/aromatic N) is 1. The van der Waals surface area contributed by atoms with Crippen molar-refractivity contribution in [2.45, 2.75) is 39.3 Å². The number of carbonyl (C=O) groups excluding carboxylic acids is 3. The number of nitrogens with one attached hydrogen (secondary N) is 2. The number of hydrogen-bond donors (Lipinski definition) is 2. The summed E-state index contributed by atoms with van der Waals surface area (Å²) in [5, 5.41) is 5.79. The summed E-state index contributed by atoms with van der Waals surface area (Å²) in [6.07, 6.45) is 15.6. The van der Waals surface area contributed by atoms with Crippen LogP contribution in [0.4, 0.5) is 5.69 Å². The molecule has 0 bridgehead atoms. The van der Waals surface area contributed by atoms with E-state index in [1.54, 1.807) is 4.90 Å². The van der Waals surface area contributed by atoms with Crippen molar-refractivity contribution < 1.29 is 14.4 Å². The molecule has 0 saturated carbocycles. The topological polar surface area (TPSA) is 78.5 Å². The van der Waals surface area contributed by atoms with E-state index in [0.29, 0.717) is 36.9 Å². The van der Waals surface area contributed by atoms with Gasteiger partial charge in [0.15, 0.2) is 0 Å². The highest BCUT2D eigenvalue weighted by Gasteiger charge is 2.39. The van der Waals surface area contributed by atoms with E-state index in [1.807, 2.05) is 24.3 Å². The summed E-state index contributed by atoms with van der Waals surface area (Å²) in [6.45, 7) is 9.44. The van der Waals surface area contributed by atoms with Gasteiger partial charge in [-0.15, -0.1) is 0 Å². The number of fused-ring (bicyclic) bond motifs is 1. The lowest BCUT2D eigenvalue weighted by atomic mass is 10.0. The molecule has 4 rings (SSSR count). The number of carbonyl (C=O) groups is 3. The number of hydrogen-bond acceptors (Lipinski definition) is 4. The minimum Gasteiger partial charge on any atom is -0.381 e. The summed E-state index contributed by atoms with van der Waals surface area (Å²) < 4.78 is 0. The van der Waals surface area contributed by atoms with Crippen LogP contribution in [-0.4, -0.2) is 35.2 Å². The second-order valence-corrected chi connectivity index (χ2v) is 9.24. The zero-order chi connectivity index (χ0) is 24.2. The fourth-order valence-corrected chi connectivity index (χ4v) is 4.36. The zero-order valence-electron chi connectivity index (χ0n) is 19.7. The second-order valence-electron chi connectivity index (χ2n) is 9.24. The fourth-order valence-electron chi connectivity index (χ4n) is 4.36. The Hall–Kier alpha value is -3.67. The lowest BCUT2D eigenvalue weighted by molar-refractivity contribution is -0.136. The smallest absolute Gasteiger partial charge is 0.255 e. The monoisotopic (exact) mass is 457 g/mol. The number of amides is 3. The summed E-state index contributed by atoms with van der Waals surface area (Å²) in [4.78, 5) is 38.2. The van der Waals surface area contributed by atoms with Gasteiger partial charge in [-0.3, -0.25) is 19.7 Å². The summed E-state index contributed by atoms with van der Waals surface area (Å²) in [7, 11) is 0. The number of benzene rings is 1. The van der Waals surface area contributed by atoms with Crippen molar-refractivity contribution in [1.82, 2.24) is 10.2 Å². The molecular formula is C28H31N3O3. The van der Waals surface area contributed by atoms with Gasteiger partial charge in [-0.25, -0.2) is 0 Å². The Kier molecular flexibility index (Phi) is 6.96. The van der Waals surface area contributed by atoms with Gasteiger partial charge in [-0.1, -0.05) is 63.0 Å². The molecule has 6 heteroatoms. The number of allylic oxidation sites excluding steroid dienone is 7. The predicted molar refractivity (Wildman–Crippen MR) is 134 cm³/mol. The fraction of sp³-hybridized carbons (Fsp3) is 0.321. The molecule has 3 amide bonds. The van der Waals surface area contributed by atoms with Crippen LogP contribution in [-0.2, 0) is 16.1 Å². The van der Waals surface area contributed by atoms with E-state index in [9.17, 15) is 14.4 Å². The Labute approximate surface area is 200 Å². The molecule has 1 saturated heterocycles. The standard InChI is InChI=1S/C28H31N3O3/c1-18-4-5-19(2)8-9-21(14-20(3)7-6-18)16-29-23-10-11-24-22(15-23)17-31(28(24)34)25-12-13-26(32)30-27(25)33/h4-11,14-15,18-19,25,29H,3,12-13,16-17H2,1-2H3,(H,30,32,33)/b5-4-,7-6-,9-8-,21-14+. The molecule has 3 aliphatic rings. The summed E-state index contributed by atoms with van der Waals surface area (Å²) >= 11 is 0. The molecule has 6 nitrogen and oxygen atoms in total. The van der Waals surface area contributed by atoms with E-state index in [0.717, 1.165) is 22.4 Å². The van der Waals surface area contributed by atoms with Crippen LogP contribution < -0.4 is 10.6 Å². The Morgan fingerprint density at radius 2 is 1.79 bits per heavy atom. The van der Waals surface area contributed by atoms with Crippen LogP contribution in [0.15, 0.2) is 78.5 Å². The highest BCUT2D eigenvalue weighted by Crippen LogP contribution is 2.29. The second kappa shape index (κ2) is 10.1.